The van der Waals surface area contributed by atoms with E-state index < -0.39 is 0 Å². The van der Waals surface area contributed by atoms with E-state index in [1.807, 2.05) is 13.8 Å². The van der Waals surface area contributed by atoms with Gasteiger partial charge in [-0.15, -0.1) is 0 Å². The van der Waals surface area contributed by atoms with Crippen LogP contribution >= 0.6 is 0 Å². The van der Waals surface area contributed by atoms with Crippen molar-refractivity contribution in [3.8, 4) is 0 Å². The zero-order valence-electron chi connectivity index (χ0n) is 12.0. The number of nitrogens with one attached hydrogen (secondary N) is 1. The molecule has 0 radical (unpaired) electrons. The minimum atomic E-state index is -0.0786. The maximum Gasteiger partial charge on any atom is 0.223 e. The first kappa shape index (κ1) is 15.4. The van der Waals surface area contributed by atoms with E-state index in [1.165, 1.54) is 0 Å². The zero-order valence-corrected chi connectivity index (χ0v) is 12.0. The van der Waals surface area contributed by atoms with E-state index in [1.54, 1.807) is 0 Å². The largest absolute Gasteiger partial charge is 0.381 e. The third-order valence-corrected chi connectivity index (χ3v) is 3.77. The van der Waals surface area contributed by atoms with E-state index in [9.17, 15) is 4.79 Å². The number of hydrogen-bond donors (Lipinski definition) is 2. The lowest BCUT2D eigenvalue weighted by Gasteiger charge is -2.35. The van der Waals surface area contributed by atoms with E-state index in [0.717, 1.165) is 45.3 Å². The fourth-order valence-electron chi connectivity index (χ4n) is 2.24. The quantitative estimate of drug-likeness (QED) is 0.762. The summed E-state index contributed by atoms with van der Waals surface area (Å²) in [5.41, 5.74) is 5.63. The van der Waals surface area contributed by atoms with Gasteiger partial charge in [0.15, 0.2) is 0 Å². The van der Waals surface area contributed by atoms with Crippen molar-refractivity contribution < 1.29 is 9.53 Å². The predicted octanol–water partition coefficient (Wildman–Crippen LogP) is 1.83. The van der Waals surface area contributed by atoms with Gasteiger partial charge in [-0.3, -0.25) is 4.79 Å². The molecule has 0 aromatic carbocycles. The Labute approximate surface area is 111 Å². The number of amides is 1. The van der Waals surface area contributed by atoms with E-state index in [4.69, 9.17) is 10.5 Å². The van der Waals surface area contributed by atoms with Crippen molar-refractivity contribution in [3.05, 3.63) is 0 Å². The third-order valence-electron chi connectivity index (χ3n) is 3.77. The molecule has 2 atom stereocenters. The second-order valence-corrected chi connectivity index (χ2v) is 5.97. The van der Waals surface area contributed by atoms with Crippen LogP contribution in [-0.2, 0) is 9.53 Å². The molecule has 2 unspecified atom stereocenters. The Morgan fingerprint density at radius 2 is 1.94 bits per heavy atom. The minimum absolute atomic E-state index is 0.0726. The van der Waals surface area contributed by atoms with Gasteiger partial charge in [0.2, 0.25) is 5.91 Å². The Balaban J connectivity index is 2.30. The first-order chi connectivity index (χ1) is 8.43. The molecule has 1 saturated heterocycles. The van der Waals surface area contributed by atoms with Gasteiger partial charge in [0.1, 0.15) is 0 Å². The van der Waals surface area contributed by atoms with Gasteiger partial charge in [-0.2, -0.15) is 0 Å². The molecule has 1 heterocycles. The molecule has 18 heavy (non-hydrogen) atoms. The third kappa shape index (κ3) is 5.36. The first-order valence-corrected chi connectivity index (χ1v) is 7.08. The lowest BCUT2D eigenvalue weighted by molar-refractivity contribution is -0.127. The van der Waals surface area contributed by atoms with Crippen LogP contribution in [0.3, 0.4) is 0 Å². The van der Waals surface area contributed by atoms with Crippen LogP contribution < -0.4 is 11.1 Å². The van der Waals surface area contributed by atoms with Crippen LogP contribution in [0.2, 0.25) is 0 Å². The number of nitrogens with two attached hydrogens (primary N) is 1. The topological polar surface area (TPSA) is 64.4 Å². The molecule has 106 valence electrons. The lowest BCUT2D eigenvalue weighted by atomic mass is 9.91. The van der Waals surface area contributed by atoms with Crippen molar-refractivity contribution >= 4 is 5.91 Å². The Kier molecular flexibility index (Phi) is 6.09. The summed E-state index contributed by atoms with van der Waals surface area (Å²) >= 11 is 0. The monoisotopic (exact) mass is 256 g/mol. The Hall–Kier alpha value is -0.610. The highest BCUT2D eigenvalue weighted by Crippen LogP contribution is 2.21. The molecular formula is C14H28N2O2. The molecular weight excluding hydrogens is 228 g/mol. The summed E-state index contributed by atoms with van der Waals surface area (Å²) < 4.78 is 5.33. The molecule has 0 bridgehead atoms. The summed E-state index contributed by atoms with van der Waals surface area (Å²) in [5.74, 6) is 0.243. The van der Waals surface area contributed by atoms with Crippen molar-refractivity contribution in [1.29, 1.82) is 0 Å². The second kappa shape index (κ2) is 7.10. The molecule has 1 rings (SSSR count). The van der Waals surface area contributed by atoms with Crippen LogP contribution in [0.1, 0.15) is 52.9 Å². The van der Waals surface area contributed by atoms with Crippen molar-refractivity contribution in [2.45, 2.75) is 64.5 Å². The number of carbonyl (C=O) groups excluding carboxylic acids is 1. The molecule has 0 spiro atoms. The fourth-order valence-corrected chi connectivity index (χ4v) is 2.24. The maximum absolute atomic E-state index is 12.1. The molecule has 1 aliphatic heterocycles. The normalized spacial score (nSPS) is 22.2. The minimum Gasteiger partial charge on any atom is -0.381 e. The van der Waals surface area contributed by atoms with E-state index in [2.05, 4.69) is 12.2 Å². The average Bonchev–Trinajstić information content (AvgIpc) is 2.28. The van der Waals surface area contributed by atoms with Gasteiger partial charge in [-0.25, -0.2) is 0 Å². The first-order valence-electron chi connectivity index (χ1n) is 7.08. The molecule has 1 fully saturated rings. The van der Waals surface area contributed by atoms with Gasteiger partial charge >= 0.3 is 0 Å². The Bertz CT molecular complexity index is 261. The molecule has 0 aliphatic carbocycles. The SMILES string of the molecule is CC(N)CCCC(C)C(=O)NC1(C)CCOCC1. The van der Waals surface area contributed by atoms with Crippen molar-refractivity contribution in [3.63, 3.8) is 0 Å². The standard InChI is InChI=1S/C14H28N2O2/c1-11(5-4-6-12(2)15)13(17)16-14(3)7-9-18-10-8-14/h11-12H,4-10,15H2,1-3H3,(H,16,17). The van der Waals surface area contributed by atoms with Crippen LogP contribution in [0.4, 0.5) is 0 Å². The van der Waals surface area contributed by atoms with Crippen LogP contribution in [-0.4, -0.2) is 30.7 Å². The van der Waals surface area contributed by atoms with Gasteiger partial charge in [0.25, 0.3) is 0 Å². The molecule has 3 N–H and O–H groups in total. The summed E-state index contributed by atoms with van der Waals surface area (Å²) in [6, 6.07) is 0.230. The molecule has 0 aromatic rings. The predicted molar refractivity (Wildman–Crippen MR) is 73.3 cm³/mol. The van der Waals surface area contributed by atoms with Crippen LogP contribution in [0.5, 0.6) is 0 Å². The molecule has 0 aromatic heterocycles. The van der Waals surface area contributed by atoms with Gasteiger partial charge in [0.05, 0.1) is 0 Å². The van der Waals surface area contributed by atoms with Gasteiger partial charge in [0, 0.05) is 30.7 Å². The van der Waals surface area contributed by atoms with Crippen LogP contribution in [0.25, 0.3) is 0 Å². The van der Waals surface area contributed by atoms with Crippen molar-refractivity contribution in [2.75, 3.05) is 13.2 Å². The molecule has 4 nitrogen and oxygen atoms in total. The summed E-state index contributed by atoms with van der Waals surface area (Å²) in [4.78, 5) is 12.1. The number of ether oxygens (including phenoxy) is 1. The maximum atomic E-state index is 12.1. The molecule has 1 amide bonds. The van der Waals surface area contributed by atoms with E-state index >= 15 is 0 Å². The van der Waals surface area contributed by atoms with Crippen molar-refractivity contribution in [2.24, 2.45) is 11.7 Å². The zero-order chi connectivity index (χ0) is 13.6. The number of carbonyl (C=O) groups is 1. The summed E-state index contributed by atoms with van der Waals surface area (Å²) in [6.07, 6.45) is 4.74. The summed E-state index contributed by atoms with van der Waals surface area (Å²) in [5, 5.41) is 3.18. The lowest BCUT2D eigenvalue weighted by Crippen LogP contribution is -2.51. The smallest absolute Gasteiger partial charge is 0.223 e. The highest BCUT2D eigenvalue weighted by molar-refractivity contribution is 5.79. The Morgan fingerprint density at radius 3 is 2.50 bits per heavy atom. The highest BCUT2D eigenvalue weighted by Gasteiger charge is 2.30. The van der Waals surface area contributed by atoms with Gasteiger partial charge in [-0.05, 0) is 39.5 Å². The molecule has 1 aliphatic rings. The van der Waals surface area contributed by atoms with Gasteiger partial charge in [-0.1, -0.05) is 13.3 Å². The van der Waals surface area contributed by atoms with Gasteiger partial charge < -0.3 is 15.8 Å². The van der Waals surface area contributed by atoms with E-state index in [-0.39, 0.29) is 23.4 Å². The number of hydrogen-bond acceptors (Lipinski definition) is 3. The average molecular weight is 256 g/mol. The number of rotatable bonds is 6. The summed E-state index contributed by atoms with van der Waals surface area (Å²) in [7, 11) is 0. The summed E-state index contributed by atoms with van der Waals surface area (Å²) in [6.45, 7) is 7.61. The molecule has 4 heteroatoms. The van der Waals surface area contributed by atoms with E-state index in [0.29, 0.717) is 0 Å². The highest BCUT2D eigenvalue weighted by atomic mass is 16.5. The Morgan fingerprint density at radius 1 is 1.33 bits per heavy atom. The fraction of sp³-hybridized carbons (Fsp3) is 0.929. The van der Waals surface area contributed by atoms with Crippen molar-refractivity contribution in [1.82, 2.24) is 5.32 Å². The molecule has 0 saturated carbocycles. The van der Waals surface area contributed by atoms with Crippen LogP contribution in [0, 0.1) is 5.92 Å². The second-order valence-electron chi connectivity index (χ2n) is 5.97. The van der Waals surface area contributed by atoms with Crippen LogP contribution in [0.15, 0.2) is 0 Å².